The molecule has 0 aromatic heterocycles. The molecule has 1 aliphatic heterocycles. The number of fused-ring (bicyclic) bond motifs is 1. The molecule has 0 saturated heterocycles. The van der Waals surface area contributed by atoms with E-state index in [1.165, 1.54) is 11.6 Å². The van der Waals surface area contributed by atoms with Crippen LogP contribution in [0.5, 0.6) is 5.75 Å². The van der Waals surface area contributed by atoms with Gasteiger partial charge in [-0.25, -0.2) is 8.78 Å². The largest absolute Gasteiger partial charge is 0.488 e. The minimum Gasteiger partial charge on any atom is -0.488 e. The van der Waals surface area contributed by atoms with E-state index in [0.717, 1.165) is 23.8 Å². The standard InChI is InChI=1S/C17H17F2NO/c1-11(12-6-7-15(18)16(19)9-12)20-10-14-8-13-4-2-3-5-17(13)21-14/h2-7,9,11,14,20H,8,10H2,1H3. The van der Waals surface area contributed by atoms with Gasteiger partial charge >= 0.3 is 0 Å². The summed E-state index contributed by atoms with van der Waals surface area (Å²) in [5.74, 6) is -0.698. The van der Waals surface area contributed by atoms with Crippen molar-refractivity contribution in [2.45, 2.75) is 25.5 Å². The van der Waals surface area contributed by atoms with Crippen LogP contribution in [-0.4, -0.2) is 12.6 Å². The molecule has 110 valence electrons. The Morgan fingerprint density at radius 2 is 2.00 bits per heavy atom. The van der Waals surface area contributed by atoms with E-state index in [2.05, 4.69) is 11.4 Å². The molecule has 1 N–H and O–H groups in total. The summed E-state index contributed by atoms with van der Waals surface area (Å²) in [6, 6.07) is 11.9. The fraction of sp³-hybridized carbons (Fsp3) is 0.294. The van der Waals surface area contributed by atoms with Crippen molar-refractivity contribution in [3.05, 3.63) is 65.2 Å². The average Bonchev–Trinajstić information content (AvgIpc) is 2.90. The zero-order valence-electron chi connectivity index (χ0n) is 11.8. The van der Waals surface area contributed by atoms with Gasteiger partial charge in [-0.15, -0.1) is 0 Å². The summed E-state index contributed by atoms with van der Waals surface area (Å²) in [7, 11) is 0. The van der Waals surface area contributed by atoms with Gasteiger partial charge in [-0.2, -0.15) is 0 Å². The second-order valence-electron chi connectivity index (χ2n) is 5.36. The molecule has 21 heavy (non-hydrogen) atoms. The molecule has 2 unspecified atom stereocenters. The van der Waals surface area contributed by atoms with Crippen LogP contribution in [0.2, 0.25) is 0 Å². The average molecular weight is 289 g/mol. The molecule has 2 aromatic rings. The van der Waals surface area contributed by atoms with E-state index in [1.54, 1.807) is 6.07 Å². The molecule has 0 bridgehead atoms. The minimum absolute atomic E-state index is 0.0626. The zero-order chi connectivity index (χ0) is 14.8. The van der Waals surface area contributed by atoms with E-state index < -0.39 is 11.6 Å². The van der Waals surface area contributed by atoms with Crippen molar-refractivity contribution >= 4 is 0 Å². The van der Waals surface area contributed by atoms with Gasteiger partial charge in [0.15, 0.2) is 11.6 Å². The summed E-state index contributed by atoms with van der Waals surface area (Å²) in [6.45, 7) is 2.59. The van der Waals surface area contributed by atoms with Gasteiger partial charge in [-0.1, -0.05) is 24.3 Å². The SMILES string of the molecule is CC(NCC1Cc2ccccc2O1)c1ccc(F)c(F)c1. The van der Waals surface area contributed by atoms with Crippen molar-refractivity contribution in [3.63, 3.8) is 0 Å². The molecule has 2 aromatic carbocycles. The lowest BCUT2D eigenvalue weighted by atomic mass is 10.1. The Labute approximate surface area is 122 Å². The third kappa shape index (κ3) is 3.05. The Hall–Kier alpha value is -1.94. The van der Waals surface area contributed by atoms with Crippen molar-refractivity contribution in [2.24, 2.45) is 0 Å². The van der Waals surface area contributed by atoms with Gasteiger partial charge < -0.3 is 10.1 Å². The zero-order valence-corrected chi connectivity index (χ0v) is 11.8. The lowest BCUT2D eigenvalue weighted by molar-refractivity contribution is 0.222. The summed E-state index contributed by atoms with van der Waals surface area (Å²) in [6.07, 6.45) is 0.948. The highest BCUT2D eigenvalue weighted by Crippen LogP contribution is 2.28. The maximum Gasteiger partial charge on any atom is 0.159 e. The van der Waals surface area contributed by atoms with Crippen molar-refractivity contribution in [2.75, 3.05) is 6.54 Å². The van der Waals surface area contributed by atoms with Gasteiger partial charge in [0.25, 0.3) is 0 Å². The van der Waals surface area contributed by atoms with Crippen LogP contribution in [-0.2, 0) is 6.42 Å². The fourth-order valence-electron chi connectivity index (χ4n) is 2.58. The van der Waals surface area contributed by atoms with Gasteiger partial charge in [0, 0.05) is 19.0 Å². The molecular formula is C17H17F2NO. The van der Waals surface area contributed by atoms with Crippen molar-refractivity contribution in [1.82, 2.24) is 5.32 Å². The fourth-order valence-corrected chi connectivity index (χ4v) is 2.58. The van der Waals surface area contributed by atoms with Crippen molar-refractivity contribution in [3.8, 4) is 5.75 Å². The first-order valence-corrected chi connectivity index (χ1v) is 7.06. The van der Waals surface area contributed by atoms with E-state index >= 15 is 0 Å². The monoisotopic (exact) mass is 289 g/mol. The molecule has 0 saturated carbocycles. The lowest BCUT2D eigenvalue weighted by Gasteiger charge is -2.18. The molecule has 1 heterocycles. The second-order valence-corrected chi connectivity index (χ2v) is 5.36. The summed E-state index contributed by atoms with van der Waals surface area (Å²) in [5.41, 5.74) is 1.94. The molecule has 3 rings (SSSR count). The number of ether oxygens (including phenoxy) is 1. The Morgan fingerprint density at radius 1 is 1.19 bits per heavy atom. The Balaban J connectivity index is 1.57. The number of halogens is 2. The molecule has 2 nitrogen and oxygen atoms in total. The Morgan fingerprint density at radius 3 is 2.76 bits per heavy atom. The van der Waals surface area contributed by atoms with E-state index in [-0.39, 0.29) is 12.1 Å². The van der Waals surface area contributed by atoms with Gasteiger partial charge in [0.2, 0.25) is 0 Å². The lowest BCUT2D eigenvalue weighted by Crippen LogP contribution is -2.31. The summed E-state index contributed by atoms with van der Waals surface area (Å²) >= 11 is 0. The number of hydrogen-bond donors (Lipinski definition) is 1. The van der Waals surface area contributed by atoms with Crippen molar-refractivity contribution < 1.29 is 13.5 Å². The summed E-state index contributed by atoms with van der Waals surface area (Å²) in [4.78, 5) is 0. The molecule has 0 amide bonds. The predicted octanol–water partition coefficient (Wildman–Crippen LogP) is 3.62. The third-order valence-corrected chi connectivity index (χ3v) is 3.81. The first kappa shape index (κ1) is 14.0. The van der Waals surface area contributed by atoms with Gasteiger partial charge in [-0.05, 0) is 36.2 Å². The van der Waals surface area contributed by atoms with Crippen LogP contribution in [0.3, 0.4) is 0 Å². The van der Waals surface area contributed by atoms with Crippen LogP contribution in [0, 0.1) is 11.6 Å². The quantitative estimate of drug-likeness (QED) is 0.928. The highest BCUT2D eigenvalue weighted by Gasteiger charge is 2.22. The normalized spacial score (nSPS) is 18.1. The Bertz CT molecular complexity index is 619. The van der Waals surface area contributed by atoms with E-state index in [1.807, 2.05) is 25.1 Å². The summed E-state index contributed by atoms with van der Waals surface area (Å²) in [5, 5.41) is 3.31. The minimum atomic E-state index is -0.819. The smallest absolute Gasteiger partial charge is 0.159 e. The number of rotatable bonds is 4. The molecule has 0 radical (unpaired) electrons. The Kier molecular flexibility index (Phi) is 3.88. The third-order valence-electron chi connectivity index (χ3n) is 3.81. The van der Waals surface area contributed by atoms with Gasteiger partial charge in [0.05, 0.1) is 0 Å². The highest BCUT2D eigenvalue weighted by molar-refractivity contribution is 5.37. The molecule has 0 aliphatic carbocycles. The molecule has 1 aliphatic rings. The van der Waals surface area contributed by atoms with Crippen LogP contribution in [0.1, 0.15) is 24.1 Å². The van der Waals surface area contributed by atoms with Gasteiger partial charge in [0.1, 0.15) is 11.9 Å². The summed E-state index contributed by atoms with van der Waals surface area (Å²) < 4.78 is 32.0. The van der Waals surface area contributed by atoms with Crippen LogP contribution in [0.4, 0.5) is 8.78 Å². The van der Waals surface area contributed by atoms with Crippen LogP contribution in [0.25, 0.3) is 0 Å². The van der Waals surface area contributed by atoms with Crippen molar-refractivity contribution in [1.29, 1.82) is 0 Å². The van der Waals surface area contributed by atoms with Crippen LogP contribution in [0.15, 0.2) is 42.5 Å². The first-order valence-electron chi connectivity index (χ1n) is 7.06. The second kappa shape index (κ2) is 5.82. The number of para-hydroxylation sites is 1. The van der Waals surface area contributed by atoms with Crippen LogP contribution >= 0.6 is 0 Å². The van der Waals surface area contributed by atoms with E-state index in [9.17, 15) is 8.78 Å². The number of nitrogens with one attached hydrogen (secondary N) is 1. The molecule has 0 spiro atoms. The number of benzene rings is 2. The maximum absolute atomic E-state index is 13.2. The molecule has 2 atom stereocenters. The molecular weight excluding hydrogens is 272 g/mol. The van der Waals surface area contributed by atoms with E-state index in [4.69, 9.17) is 4.74 Å². The number of hydrogen-bond acceptors (Lipinski definition) is 2. The van der Waals surface area contributed by atoms with E-state index in [0.29, 0.717) is 6.54 Å². The first-order chi connectivity index (χ1) is 10.1. The molecule has 4 heteroatoms. The van der Waals surface area contributed by atoms with Gasteiger partial charge in [-0.3, -0.25) is 0 Å². The van der Waals surface area contributed by atoms with Crippen LogP contribution < -0.4 is 10.1 Å². The topological polar surface area (TPSA) is 21.3 Å². The molecule has 0 fully saturated rings. The predicted molar refractivity (Wildman–Crippen MR) is 77.3 cm³/mol. The highest BCUT2D eigenvalue weighted by atomic mass is 19.2. The maximum atomic E-state index is 13.2.